The molecule has 0 atom stereocenters. The molecule has 1 heterocycles. The smallest absolute Gasteiger partial charge is 0.287 e. The largest absolute Gasteiger partial charge is 0.497 e. The van der Waals surface area contributed by atoms with Gasteiger partial charge in [-0.05, 0) is 41.4 Å². The Morgan fingerprint density at radius 1 is 1.17 bits per heavy atom. The van der Waals surface area contributed by atoms with Crippen molar-refractivity contribution in [3.05, 3.63) is 77.7 Å². The van der Waals surface area contributed by atoms with E-state index in [4.69, 9.17) is 16.3 Å². The van der Waals surface area contributed by atoms with Crippen molar-refractivity contribution in [1.82, 2.24) is 4.98 Å². The molecule has 2 aromatic carbocycles. The van der Waals surface area contributed by atoms with Crippen LogP contribution in [0.2, 0.25) is 5.02 Å². The minimum atomic E-state index is 0.00703. The van der Waals surface area contributed by atoms with Crippen LogP contribution in [0.1, 0.15) is 10.4 Å². The fourth-order valence-electron chi connectivity index (χ4n) is 2.32. The number of aromatic nitrogens is 2. The van der Waals surface area contributed by atoms with Gasteiger partial charge in [-0.3, -0.25) is 4.79 Å². The van der Waals surface area contributed by atoms with Crippen molar-refractivity contribution in [2.24, 2.45) is 0 Å². The van der Waals surface area contributed by atoms with Crippen molar-refractivity contribution < 1.29 is 14.1 Å². The molecule has 0 aliphatic carbocycles. The Bertz CT molecular complexity index is 846. The number of carbonyl (C=O) groups excluding carboxylic acids is 1. The highest BCUT2D eigenvalue weighted by molar-refractivity contribution is 6.30. The van der Waals surface area contributed by atoms with Crippen LogP contribution in [0.4, 0.5) is 0 Å². The number of ketones is 1. The summed E-state index contributed by atoms with van der Waals surface area (Å²) in [5.74, 6) is 0.788. The van der Waals surface area contributed by atoms with Gasteiger partial charge in [0.1, 0.15) is 5.75 Å². The number of hydrogen-bond donors (Lipinski definition) is 0. The molecule has 0 N–H and O–H groups in total. The summed E-state index contributed by atoms with van der Waals surface area (Å²) in [6.07, 6.45) is 3.50. The Morgan fingerprint density at radius 2 is 1.96 bits per heavy atom. The molecule has 0 fully saturated rings. The van der Waals surface area contributed by atoms with Gasteiger partial charge in [0.2, 0.25) is 5.78 Å². The monoisotopic (exact) mass is 339 g/mol. The molecule has 0 spiro atoms. The summed E-state index contributed by atoms with van der Waals surface area (Å²) in [5.41, 5.74) is 2.42. The van der Waals surface area contributed by atoms with Gasteiger partial charge in [-0.1, -0.05) is 23.7 Å². The number of nitrogens with zero attached hydrogens (tertiary/aromatic N) is 2. The normalized spacial score (nSPS) is 10.4. The summed E-state index contributed by atoms with van der Waals surface area (Å²) in [5, 5.41) is 0.614. The van der Waals surface area contributed by atoms with E-state index in [9.17, 15) is 4.79 Å². The lowest BCUT2D eigenvalue weighted by Crippen LogP contribution is -2.37. The zero-order valence-electron chi connectivity index (χ0n) is 13.1. The Kier molecular flexibility index (Phi) is 4.87. The second kappa shape index (κ2) is 7.23. The van der Waals surface area contributed by atoms with Crippen molar-refractivity contribution in [3.63, 3.8) is 0 Å². The lowest BCUT2D eigenvalue weighted by atomic mass is 10.1. The molecule has 0 amide bonds. The fraction of sp³-hybridized carbons (Fsp3) is 0.105. The third kappa shape index (κ3) is 3.78. The molecule has 0 saturated carbocycles. The molecule has 3 aromatic rings. The number of hydrogen-bond acceptors (Lipinski definition) is 3. The summed E-state index contributed by atoms with van der Waals surface area (Å²) in [6, 6.07) is 16.4. The first-order valence-electron chi connectivity index (χ1n) is 7.44. The van der Waals surface area contributed by atoms with Gasteiger partial charge < -0.3 is 4.74 Å². The maximum absolute atomic E-state index is 12.3. The molecule has 5 heteroatoms. The number of carbonyl (C=O) groups is 1. The van der Waals surface area contributed by atoms with Crippen molar-refractivity contribution in [2.45, 2.75) is 6.54 Å². The van der Waals surface area contributed by atoms with E-state index in [1.807, 2.05) is 36.5 Å². The second-order valence-electron chi connectivity index (χ2n) is 5.28. The first-order chi connectivity index (χ1) is 11.7. The molecular weight excluding hydrogens is 324 g/mol. The Hall–Kier alpha value is -2.72. The predicted octanol–water partition coefficient (Wildman–Crippen LogP) is 3.58. The van der Waals surface area contributed by atoms with Crippen LogP contribution in [0.5, 0.6) is 5.75 Å². The summed E-state index contributed by atoms with van der Waals surface area (Å²) in [6.45, 7) is 0.229. The van der Waals surface area contributed by atoms with Gasteiger partial charge in [-0.25, -0.2) is 4.57 Å². The van der Waals surface area contributed by atoms with E-state index >= 15 is 0 Å². The lowest BCUT2D eigenvalue weighted by molar-refractivity contribution is -0.686. The quantitative estimate of drug-likeness (QED) is 0.527. The number of ether oxygens (including phenoxy) is 1. The highest BCUT2D eigenvalue weighted by Gasteiger charge is 2.12. The van der Waals surface area contributed by atoms with Crippen molar-refractivity contribution in [2.75, 3.05) is 7.11 Å². The second-order valence-corrected chi connectivity index (χ2v) is 5.72. The average molecular weight is 340 g/mol. The summed E-state index contributed by atoms with van der Waals surface area (Å²) in [7, 11) is 1.63. The van der Waals surface area contributed by atoms with Crippen LogP contribution in [0, 0.1) is 0 Å². The molecule has 0 radical (unpaired) electrons. The van der Waals surface area contributed by atoms with E-state index in [1.165, 1.54) is 0 Å². The van der Waals surface area contributed by atoms with Gasteiger partial charge in [0.15, 0.2) is 12.2 Å². The minimum Gasteiger partial charge on any atom is -0.497 e. The van der Waals surface area contributed by atoms with E-state index in [0.29, 0.717) is 10.6 Å². The first kappa shape index (κ1) is 16.1. The summed E-state index contributed by atoms with van der Waals surface area (Å²) in [4.78, 5) is 16.7. The van der Waals surface area contributed by atoms with Gasteiger partial charge in [0, 0.05) is 22.2 Å². The van der Waals surface area contributed by atoms with Crippen molar-refractivity contribution in [3.8, 4) is 17.0 Å². The van der Waals surface area contributed by atoms with Crippen LogP contribution in [0.25, 0.3) is 11.3 Å². The number of benzene rings is 2. The Morgan fingerprint density at radius 3 is 2.62 bits per heavy atom. The molecule has 0 aliphatic rings. The van der Waals surface area contributed by atoms with Gasteiger partial charge in [0.05, 0.1) is 13.3 Å². The standard InChI is InChI=1S/C19H16ClN2O2/c1-24-17-4-2-3-15(11-17)18-9-10-22(13-21-18)12-19(23)14-5-7-16(20)8-6-14/h2-11,13H,12H2,1H3/q+1. The maximum Gasteiger partial charge on any atom is 0.287 e. The minimum absolute atomic E-state index is 0.00703. The van der Waals surface area contributed by atoms with Crippen molar-refractivity contribution >= 4 is 17.4 Å². The number of methoxy groups -OCH3 is 1. The molecule has 3 rings (SSSR count). The van der Waals surface area contributed by atoms with Gasteiger partial charge in [-0.2, -0.15) is 0 Å². The topological polar surface area (TPSA) is 43.1 Å². The summed E-state index contributed by atoms with van der Waals surface area (Å²) < 4.78 is 6.97. The molecule has 1 aromatic heterocycles. The van der Waals surface area contributed by atoms with Gasteiger partial charge in [0.25, 0.3) is 6.33 Å². The third-order valence-electron chi connectivity index (χ3n) is 3.63. The zero-order valence-corrected chi connectivity index (χ0v) is 13.9. The number of rotatable bonds is 5. The average Bonchev–Trinajstić information content (AvgIpc) is 2.63. The van der Waals surface area contributed by atoms with Gasteiger partial charge in [-0.15, -0.1) is 0 Å². The van der Waals surface area contributed by atoms with E-state index in [1.54, 1.807) is 42.3 Å². The molecule has 0 bridgehead atoms. The third-order valence-corrected chi connectivity index (χ3v) is 3.88. The van der Waals surface area contributed by atoms with E-state index < -0.39 is 0 Å². The molecule has 4 nitrogen and oxygen atoms in total. The van der Waals surface area contributed by atoms with Crippen LogP contribution in [0.15, 0.2) is 67.1 Å². The van der Waals surface area contributed by atoms with Crippen LogP contribution >= 0.6 is 11.6 Å². The molecule has 0 aliphatic heterocycles. The van der Waals surface area contributed by atoms with Crippen LogP contribution in [0.3, 0.4) is 0 Å². The summed E-state index contributed by atoms with van der Waals surface area (Å²) >= 11 is 5.84. The molecule has 0 unspecified atom stereocenters. The number of Topliss-reactive ketones (excluding diaryl/α,β-unsaturated/α-hetero) is 1. The molecular formula is C19H16ClN2O2+. The SMILES string of the molecule is COc1cccc(-c2cc[n+](CC(=O)c3ccc(Cl)cc3)cn2)c1. The van der Waals surface area contributed by atoms with E-state index in [2.05, 4.69) is 4.98 Å². The lowest BCUT2D eigenvalue weighted by Gasteiger charge is -2.02. The van der Waals surface area contributed by atoms with E-state index in [0.717, 1.165) is 17.0 Å². The Labute approximate surface area is 145 Å². The first-order valence-corrected chi connectivity index (χ1v) is 7.82. The van der Waals surface area contributed by atoms with E-state index in [-0.39, 0.29) is 12.3 Å². The predicted molar refractivity (Wildman–Crippen MR) is 92.2 cm³/mol. The molecule has 120 valence electrons. The Balaban J connectivity index is 1.74. The van der Waals surface area contributed by atoms with Crippen molar-refractivity contribution in [1.29, 1.82) is 0 Å². The van der Waals surface area contributed by atoms with Crippen LogP contribution in [-0.2, 0) is 6.54 Å². The van der Waals surface area contributed by atoms with Crippen LogP contribution < -0.4 is 9.30 Å². The highest BCUT2D eigenvalue weighted by Crippen LogP contribution is 2.21. The number of halogens is 1. The fourth-order valence-corrected chi connectivity index (χ4v) is 2.45. The van der Waals surface area contributed by atoms with Crippen LogP contribution in [-0.4, -0.2) is 17.9 Å². The van der Waals surface area contributed by atoms with Gasteiger partial charge >= 0.3 is 0 Å². The molecule has 24 heavy (non-hydrogen) atoms. The highest BCUT2D eigenvalue weighted by atomic mass is 35.5. The maximum atomic E-state index is 12.3. The molecule has 0 saturated heterocycles. The zero-order chi connectivity index (χ0) is 16.9.